The van der Waals surface area contributed by atoms with Crippen molar-refractivity contribution in [2.75, 3.05) is 44.7 Å². The summed E-state index contributed by atoms with van der Waals surface area (Å²) in [4.78, 5) is 22.7. The molecule has 1 amide bonds. The number of benzene rings is 2. The van der Waals surface area contributed by atoms with Gasteiger partial charge in [-0.3, -0.25) is 9.69 Å². The van der Waals surface area contributed by atoms with E-state index in [0.717, 1.165) is 42.7 Å². The summed E-state index contributed by atoms with van der Waals surface area (Å²) in [6.45, 7) is 13.9. The van der Waals surface area contributed by atoms with Gasteiger partial charge in [0.1, 0.15) is 0 Å². The molecule has 2 aromatic carbocycles. The van der Waals surface area contributed by atoms with E-state index in [1.807, 2.05) is 6.92 Å². The molecule has 1 heterocycles. The predicted molar refractivity (Wildman–Crippen MR) is 150 cm³/mol. The fraction of sp³-hybridized carbons (Fsp3) is 0.481. The summed E-state index contributed by atoms with van der Waals surface area (Å²) in [5.41, 5.74) is 3.69. The number of aryl methyl sites for hydroxylation is 2. The Morgan fingerprint density at radius 2 is 1.58 bits per heavy atom. The Balaban J connectivity index is 1.92. The predicted octanol–water partition coefficient (Wildman–Crippen LogP) is 5.32. The molecule has 0 N–H and O–H groups in total. The van der Waals surface area contributed by atoms with Crippen LogP contribution in [0.25, 0.3) is 10.2 Å². The van der Waals surface area contributed by atoms with Crippen molar-refractivity contribution in [2.45, 2.75) is 52.4 Å². The fourth-order valence-electron chi connectivity index (χ4n) is 3.95. The van der Waals surface area contributed by atoms with Gasteiger partial charge < -0.3 is 4.90 Å². The molecule has 9 heteroatoms. The van der Waals surface area contributed by atoms with Gasteiger partial charge in [-0.2, -0.15) is 0 Å². The van der Waals surface area contributed by atoms with Crippen molar-refractivity contribution in [3.8, 4) is 0 Å². The minimum atomic E-state index is -3.59. The smallest absolute Gasteiger partial charge is 0.260 e. The van der Waals surface area contributed by atoms with Crippen molar-refractivity contribution in [1.29, 1.82) is 0 Å². The van der Waals surface area contributed by atoms with Crippen LogP contribution < -0.4 is 4.90 Å². The minimum absolute atomic E-state index is 0.182. The number of amides is 1. The molecular weight excluding hydrogens is 492 g/mol. The van der Waals surface area contributed by atoms with Crippen molar-refractivity contribution < 1.29 is 13.2 Å². The summed E-state index contributed by atoms with van der Waals surface area (Å²) >= 11 is 1.51. The maximum absolute atomic E-state index is 13.7. The summed E-state index contributed by atoms with van der Waals surface area (Å²) in [6.07, 6.45) is 1.72. The van der Waals surface area contributed by atoms with Crippen molar-refractivity contribution in [2.24, 2.45) is 0 Å². The summed E-state index contributed by atoms with van der Waals surface area (Å²) in [5, 5.41) is 0.656. The molecule has 1 aromatic heterocycles. The zero-order valence-corrected chi connectivity index (χ0v) is 23.9. The van der Waals surface area contributed by atoms with Crippen molar-refractivity contribution in [3.05, 3.63) is 53.1 Å². The average molecular weight is 531 g/mol. The van der Waals surface area contributed by atoms with Gasteiger partial charge in [-0.15, -0.1) is 0 Å². The maximum Gasteiger partial charge on any atom is 0.260 e. The number of anilines is 1. The first kappa shape index (κ1) is 28.2. The molecule has 0 saturated carbocycles. The number of sulfonamides is 1. The van der Waals surface area contributed by atoms with Crippen LogP contribution in [0, 0.1) is 13.8 Å². The van der Waals surface area contributed by atoms with Gasteiger partial charge in [0.05, 0.1) is 15.1 Å². The van der Waals surface area contributed by atoms with E-state index < -0.39 is 10.0 Å². The molecule has 0 aliphatic carbocycles. The normalized spacial score (nSPS) is 12.1. The topological polar surface area (TPSA) is 73.8 Å². The van der Waals surface area contributed by atoms with Crippen LogP contribution >= 0.6 is 11.3 Å². The Hall–Kier alpha value is -2.33. The van der Waals surface area contributed by atoms with E-state index in [1.165, 1.54) is 38.9 Å². The maximum atomic E-state index is 13.7. The molecule has 0 fully saturated rings. The highest BCUT2D eigenvalue weighted by atomic mass is 32.2. The first-order valence-corrected chi connectivity index (χ1v) is 14.9. The van der Waals surface area contributed by atoms with E-state index in [4.69, 9.17) is 4.98 Å². The van der Waals surface area contributed by atoms with E-state index >= 15 is 0 Å². The van der Waals surface area contributed by atoms with E-state index in [1.54, 1.807) is 24.1 Å². The highest BCUT2D eigenvalue weighted by molar-refractivity contribution is 7.89. The number of unbranched alkanes of at least 4 members (excludes halogenated alkanes) is 1. The van der Waals surface area contributed by atoms with Gasteiger partial charge in [0.15, 0.2) is 5.13 Å². The van der Waals surface area contributed by atoms with Crippen LogP contribution in [0.1, 0.15) is 55.1 Å². The Kier molecular flexibility index (Phi) is 9.63. The van der Waals surface area contributed by atoms with Crippen LogP contribution in [-0.4, -0.2) is 68.3 Å². The van der Waals surface area contributed by atoms with E-state index in [9.17, 15) is 13.2 Å². The first-order chi connectivity index (χ1) is 17.1. The van der Waals surface area contributed by atoms with Gasteiger partial charge in [-0.25, -0.2) is 17.7 Å². The summed E-state index contributed by atoms with van der Waals surface area (Å²) < 4.78 is 28.2. The standard InChI is InChI=1S/C27H38N4O3S2/c1-7-10-15-29(6)36(33,34)23-13-11-22(12-14-23)26(32)31(17-16-30(8-2)9-3)27-28-24-18-20(4)21(5)19-25(24)35-27/h11-14,18-19H,7-10,15-17H2,1-6H3. The monoisotopic (exact) mass is 530 g/mol. The van der Waals surface area contributed by atoms with E-state index in [0.29, 0.717) is 23.8 Å². The zero-order valence-electron chi connectivity index (χ0n) is 22.2. The number of hydrogen-bond acceptors (Lipinski definition) is 6. The molecule has 0 radical (unpaired) electrons. The number of nitrogens with zero attached hydrogens (tertiary/aromatic N) is 4. The third-order valence-corrected chi connectivity index (χ3v) is 9.55. The van der Waals surface area contributed by atoms with E-state index in [-0.39, 0.29) is 10.8 Å². The number of rotatable bonds is 12. The molecule has 36 heavy (non-hydrogen) atoms. The number of carbonyl (C=O) groups excluding carboxylic acids is 1. The minimum Gasteiger partial charge on any atom is -0.302 e. The lowest BCUT2D eigenvalue weighted by Crippen LogP contribution is -2.38. The fourth-order valence-corrected chi connectivity index (χ4v) is 6.23. The summed E-state index contributed by atoms with van der Waals surface area (Å²) in [7, 11) is -2.00. The SMILES string of the molecule is CCCCN(C)S(=O)(=O)c1ccc(C(=O)N(CCN(CC)CC)c2nc3cc(C)c(C)cc3s2)cc1. The van der Waals surface area contributed by atoms with Crippen LogP contribution in [0.5, 0.6) is 0 Å². The molecule has 0 saturated heterocycles. The van der Waals surface area contributed by atoms with Crippen LogP contribution in [-0.2, 0) is 10.0 Å². The molecule has 196 valence electrons. The lowest BCUT2D eigenvalue weighted by Gasteiger charge is -2.25. The molecule has 0 spiro atoms. The molecule has 3 rings (SSSR count). The lowest BCUT2D eigenvalue weighted by atomic mass is 10.1. The highest BCUT2D eigenvalue weighted by Gasteiger charge is 2.24. The Bertz CT molecular complexity index is 1240. The van der Waals surface area contributed by atoms with Crippen molar-refractivity contribution >= 4 is 42.6 Å². The Morgan fingerprint density at radius 3 is 2.19 bits per heavy atom. The highest BCUT2D eigenvalue weighted by Crippen LogP contribution is 2.31. The third kappa shape index (κ3) is 6.32. The van der Waals surface area contributed by atoms with Crippen LogP contribution in [0.3, 0.4) is 0 Å². The largest absolute Gasteiger partial charge is 0.302 e. The number of aromatic nitrogens is 1. The summed E-state index contributed by atoms with van der Waals surface area (Å²) in [6, 6.07) is 10.4. The van der Waals surface area contributed by atoms with Gasteiger partial charge in [0.2, 0.25) is 10.0 Å². The van der Waals surface area contributed by atoms with Gasteiger partial charge in [0.25, 0.3) is 5.91 Å². The molecule has 0 unspecified atom stereocenters. The molecule has 3 aromatic rings. The molecule has 0 aliphatic rings. The second kappa shape index (κ2) is 12.3. The molecule has 7 nitrogen and oxygen atoms in total. The Morgan fingerprint density at radius 1 is 0.944 bits per heavy atom. The number of hydrogen-bond donors (Lipinski definition) is 0. The third-order valence-electron chi connectivity index (χ3n) is 6.64. The molecule has 0 bridgehead atoms. The van der Waals surface area contributed by atoms with Crippen molar-refractivity contribution in [1.82, 2.24) is 14.2 Å². The number of fused-ring (bicyclic) bond motifs is 1. The lowest BCUT2D eigenvalue weighted by molar-refractivity contribution is 0.0983. The van der Waals surface area contributed by atoms with Crippen LogP contribution in [0.2, 0.25) is 0 Å². The average Bonchev–Trinajstić information content (AvgIpc) is 3.27. The van der Waals surface area contributed by atoms with Crippen LogP contribution in [0.15, 0.2) is 41.3 Å². The van der Waals surface area contributed by atoms with Crippen molar-refractivity contribution in [3.63, 3.8) is 0 Å². The van der Waals surface area contributed by atoms with Crippen LogP contribution in [0.4, 0.5) is 5.13 Å². The number of likely N-dealkylation sites (N-methyl/N-ethyl adjacent to an activating group) is 1. The number of thiazole rings is 1. The van der Waals surface area contributed by atoms with Gasteiger partial charge in [-0.1, -0.05) is 38.5 Å². The summed E-state index contributed by atoms with van der Waals surface area (Å²) in [5.74, 6) is -0.182. The molecule has 0 aliphatic heterocycles. The van der Waals surface area contributed by atoms with Gasteiger partial charge in [-0.05, 0) is 80.9 Å². The van der Waals surface area contributed by atoms with Gasteiger partial charge in [0, 0.05) is 32.2 Å². The van der Waals surface area contributed by atoms with E-state index in [2.05, 4.69) is 44.7 Å². The second-order valence-electron chi connectivity index (χ2n) is 9.09. The molecule has 0 atom stereocenters. The Labute approximate surface area is 219 Å². The first-order valence-electron chi connectivity index (χ1n) is 12.6. The number of carbonyl (C=O) groups is 1. The zero-order chi connectivity index (χ0) is 26.5. The van der Waals surface area contributed by atoms with Gasteiger partial charge >= 0.3 is 0 Å². The second-order valence-corrected chi connectivity index (χ2v) is 12.1. The molecular formula is C27H38N4O3S2. The quantitative estimate of drug-likeness (QED) is 0.317.